The van der Waals surface area contributed by atoms with Gasteiger partial charge in [0, 0.05) is 34.1 Å². The van der Waals surface area contributed by atoms with E-state index in [9.17, 15) is 0 Å². The summed E-state index contributed by atoms with van der Waals surface area (Å²) in [5.41, 5.74) is 14.2. The molecular formula is C13H17N3OS. The summed E-state index contributed by atoms with van der Waals surface area (Å²) in [5.74, 6) is 0.663. The van der Waals surface area contributed by atoms with E-state index >= 15 is 0 Å². The Morgan fingerprint density at radius 2 is 2.17 bits per heavy atom. The molecule has 0 aliphatic heterocycles. The van der Waals surface area contributed by atoms with Gasteiger partial charge in [-0.05, 0) is 31.6 Å². The van der Waals surface area contributed by atoms with Crippen LogP contribution in [-0.4, -0.2) is 17.7 Å². The van der Waals surface area contributed by atoms with Crippen LogP contribution in [0.25, 0.3) is 0 Å². The third-order valence-electron chi connectivity index (χ3n) is 2.32. The molecule has 5 heteroatoms. The number of allylic oxidation sites excluding steroid dienone is 1. The second-order valence-electron chi connectivity index (χ2n) is 4.01. The fourth-order valence-corrected chi connectivity index (χ4v) is 1.62. The molecule has 18 heavy (non-hydrogen) atoms. The molecule has 1 rings (SSSR count). The molecule has 0 atom stereocenters. The van der Waals surface area contributed by atoms with Gasteiger partial charge < -0.3 is 21.6 Å². The summed E-state index contributed by atoms with van der Waals surface area (Å²) >= 11 is 4.93. The number of thiocarbonyl (C=S) groups is 1. The number of hydrogen-bond acceptors (Lipinski definition) is 5. The summed E-state index contributed by atoms with van der Waals surface area (Å²) in [6, 6.07) is 3.51. The van der Waals surface area contributed by atoms with Crippen LogP contribution in [-0.2, 0) is 0 Å². The van der Waals surface area contributed by atoms with E-state index in [0.717, 1.165) is 5.56 Å². The van der Waals surface area contributed by atoms with E-state index < -0.39 is 0 Å². The normalized spacial score (nSPS) is 11.1. The highest BCUT2D eigenvalue weighted by Gasteiger charge is 2.05. The largest absolute Gasteiger partial charge is 0.487 e. The summed E-state index contributed by atoms with van der Waals surface area (Å²) in [4.78, 5) is 0.714. The first-order valence-electron chi connectivity index (χ1n) is 5.44. The fourth-order valence-electron chi connectivity index (χ4n) is 1.47. The Bertz CT molecular complexity index is 509. The number of aryl methyl sites for hydroxylation is 1. The fraction of sp³-hybridized carbons (Fsp3) is 0.231. The van der Waals surface area contributed by atoms with Crippen LogP contribution < -0.4 is 16.2 Å². The number of hydrogen-bond donors (Lipinski definition) is 3. The number of rotatable bonds is 5. The highest BCUT2D eigenvalue weighted by Crippen LogP contribution is 2.24. The van der Waals surface area contributed by atoms with E-state index in [1.54, 1.807) is 19.1 Å². The van der Waals surface area contributed by atoms with Crippen molar-refractivity contribution in [2.45, 2.75) is 13.8 Å². The molecule has 5 N–H and O–H groups in total. The van der Waals surface area contributed by atoms with Gasteiger partial charge in [0.2, 0.25) is 0 Å². The Kier molecular flexibility index (Phi) is 4.85. The molecule has 0 saturated heterocycles. The van der Waals surface area contributed by atoms with Crippen molar-refractivity contribution < 1.29 is 4.74 Å². The minimum atomic E-state index is 0.262. The molecule has 1 aromatic rings. The average molecular weight is 263 g/mol. The van der Waals surface area contributed by atoms with Crippen molar-refractivity contribution in [3.8, 4) is 5.75 Å². The molecule has 1 aromatic carbocycles. The van der Waals surface area contributed by atoms with Crippen LogP contribution >= 0.6 is 12.2 Å². The molecule has 4 nitrogen and oxygen atoms in total. The zero-order chi connectivity index (χ0) is 13.7. The van der Waals surface area contributed by atoms with E-state index in [1.807, 2.05) is 13.0 Å². The molecule has 0 amide bonds. The molecule has 0 bridgehead atoms. The molecule has 0 aliphatic carbocycles. The molecule has 0 aliphatic rings. The Hall–Kier alpha value is -1.88. The first-order chi connectivity index (χ1) is 8.43. The van der Waals surface area contributed by atoms with Crippen molar-refractivity contribution in [1.82, 2.24) is 0 Å². The van der Waals surface area contributed by atoms with E-state index in [1.165, 1.54) is 6.21 Å². The van der Waals surface area contributed by atoms with E-state index in [0.29, 0.717) is 27.6 Å². The van der Waals surface area contributed by atoms with Crippen LogP contribution in [0.5, 0.6) is 5.75 Å². The highest BCUT2D eigenvalue weighted by molar-refractivity contribution is 7.80. The topological polar surface area (TPSA) is 85.1 Å². The molecule has 0 radical (unpaired) electrons. The lowest BCUT2D eigenvalue weighted by atomic mass is 10.1. The number of nitrogens with one attached hydrogen (secondary N) is 1. The lowest BCUT2D eigenvalue weighted by Gasteiger charge is -2.11. The van der Waals surface area contributed by atoms with E-state index in [4.69, 9.17) is 33.8 Å². The molecular weight excluding hydrogens is 246 g/mol. The minimum absolute atomic E-state index is 0.262. The Morgan fingerprint density at radius 1 is 1.50 bits per heavy atom. The lowest BCUT2D eigenvalue weighted by Crippen LogP contribution is -2.11. The van der Waals surface area contributed by atoms with Crippen molar-refractivity contribution >= 4 is 29.0 Å². The average Bonchev–Trinajstić information content (AvgIpc) is 2.28. The Balaban J connectivity index is 2.83. The molecule has 0 spiro atoms. The van der Waals surface area contributed by atoms with Crippen LogP contribution in [0.3, 0.4) is 0 Å². The summed E-state index contributed by atoms with van der Waals surface area (Å²) in [7, 11) is 0. The zero-order valence-corrected chi connectivity index (χ0v) is 11.3. The summed E-state index contributed by atoms with van der Waals surface area (Å²) in [5, 5.41) is 7.21. The third-order valence-corrected chi connectivity index (χ3v) is 2.44. The number of nitrogens with two attached hydrogens (primary N) is 2. The SMILES string of the molecule is CC(=S)/C=C(\N)COc1cc(N)c(C=N)cc1C. The molecule has 0 aromatic heterocycles. The van der Waals surface area contributed by atoms with Crippen LogP contribution in [0.15, 0.2) is 23.9 Å². The van der Waals surface area contributed by atoms with Crippen molar-refractivity contribution in [3.63, 3.8) is 0 Å². The zero-order valence-electron chi connectivity index (χ0n) is 10.5. The first kappa shape index (κ1) is 14.2. The van der Waals surface area contributed by atoms with Gasteiger partial charge >= 0.3 is 0 Å². The van der Waals surface area contributed by atoms with Crippen molar-refractivity contribution in [2.75, 3.05) is 12.3 Å². The molecule has 0 saturated carbocycles. The second kappa shape index (κ2) is 6.16. The smallest absolute Gasteiger partial charge is 0.128 e. The maximum atomic E-state index is 7.21. The van der Waals surface area contributed by atoms with Crippen LogP contribution in [0.1, 0.15) is 18.1 Å². The van der Waals surface area contributed by atoms with Crippen LogP contribution in [0, 0.1) is 12.3 Å². The van der Waals surface area contributed by atoms with Gasteiger partial charge in [-0.1, -0.05) is 12.2 Å². The lowest BCUT2D eigenvalue weighted by molar-refractivity contribution is 0.348. The number of anilines is 1. The molecule has 96 valence electrons. The van der Waals surface area contributed by atoms with Gasteiger partial charge in [0.15, 0.2) is 0 Å². The molecule has 0 unspecified atom stereocenters. The molecule has 0 fully saturated rings. The van der Waals surface area contributed by atoms with Crippen molar-refractivity contribution in [3.05, 3.63) is 35.0 Å². The first-order valence-corrected chi connectivity index (χ1v) is 5.85. The maximum absolute atomic E-state index is 7.21. The van der Waals surface area contributed by atoms with Gasteiger partial charge in [-0.15, -0.1) is 0 Å². The van der Waals surface area contributed by atoms with Gasteiger partial charge in [-0.3, -0.25) is 0 Å². The van der Waals surface area contributed by atoms with E-state index in [-0.39, 0.29) is 6.61 Å². The second-order valence-corrected chi connectivity index (χ2v) is 4.65. The summed E-state index contributed by atoms with van der Waals surface area (Å²) in [6.45, 7) is 3.95. The van der Waals surface area contributed by atoms with Gasteiger partial charge in [0.05, 0.1) is 0 Å². The Labute approximate surface area is 112 Å². The van der Waals surface area contributed by atoms with Crippen LogP contribution in [0.4, 0.5) is 5.69 Å². The number of ether oxygens (including phenoxy) is 1. The Morgan fingerprint density at radius 3 is 2.72 bits per heavy atom. The number of nitrogen functional groups attached to an aromatic ring is 1. The minimum Gasteiger partial charge on any atom is -0.487 e. The predicted octanol–water partition coefficient (Wildman–Crippen LogP) is 2.19. The summed E-state index contributed by atoms with van der Waals surface area (Å²) in [6.07, 6.45) is 2.91. The van der Waals surface area contributed by atoms with Gasteiger partial charge in [-0.2, -0.15) is 0 Å². The van der Waals surface area contributed by atoms with Crippen molar-refractivity contribution in [1.29, 1.82) is 5.41 Å². The highest BCUT2D eigenvalue weighted by atomic mass is 32.1. The van der Waals surface area contributed by atoms with Gasteiger partial charge in [-0.25, -0.2) is 0 Å². The third kappa shape index (κ3) is 3.85. The predicted molar refractivity (Wildman–Crippen MR) is 79.5 cm³/mol. The maximum Gasteiger partial charge on any atom is 0.128 e. The number of benzene rings is 1. The van der Waals surface area contributed by atoms with Crippen LogP contribution in [0.2, 0.25) is 0 Å². The molecule has 0 heterocycles. The van der Waals surface area contributed by atoms with Gasteiger partial charge in [0.25, 0.3) is 0 Å². The monoisotopic (exact) mass is 263 g/mol. The standard InChI is InChI=1S/C13H17N3OS/c1-8-3-10(6-14)12(16)5-13(8)17-7-11(15)4-9(2)18/h3-6,14H,7,15-16H2,1-2H3/b11-4-,14-6?. The quantitative estimate of drug-likeness (QED) is 0.329. The van der Waals surface area contributed by atoms with Crippen molar-refractivity contribution in [2.24, 2.45) is 5.73 Å². The van der Waals surface area contributed by atoms with E-state index in [2.05, 4.69) is 0 Å². The van der Waals surface area contributed by atoms with Gasteiger partial charge in [0.1, 0.15) is 12.4 Å². The summed E-state index contributed by atoms with van der Waals surface area (Å²) < 4.78 is 5.57.